The molecule has 1 aliphatic heterocycles. The molecule has 3 aromatic rings. The van der Waals surface area contributed by atoms with Gasteiger partial charge in [0.25, 0.3) is 5.91 Å². The maximum absolute atomic E-state index is 13.4. The van der Waals surface area contributed by atoms with E-state index in [0.29, 0.717) is 17.1 Å². The molecule has 0 spiro atoms. The first kappa shape index (κ1) is 20.3. The van der Waals surface area contributed by atoms with Crippen molar-refractivity contribution in [3.05, 3.63) is 58.6 Å². The zero-order valence-electron chi connectivity index (χ0n) is 16.4. The summed E-state index contributed by atoms with van der Waals surface area (Å²) in [4.78, 5) is 22.4. The van der Waals surface area contributed by atoms with Gasteiger partial charge in [0.1, 0.15) is 0 Å². The summed E-state index contributed by atoms with van der Waals surface area (Å²) in [7, 11) is 0. The monoisotopic (exact) mass is 429 g/mol. The van der Waals surface area contributed by atoms with Crippen LogP contribution in [0.15, 0.2) is 42.5 Å². The fraction of sp³-hybridized carbons (Fsp3) is 0.364. The molecule has 1 aromatic heterocycles. The van der Waals surface area contributed by atoms with E-state index in [-0.39, 0.29) is 5.91 Å². The number of morpholine rings is 1. The Morgan fingerprint density at radius 3 is 2.79 bits per heavy atom. The summed E-state index contributed by atoms with van der Waals surface area (Å²) in [6.45, 7) is 6.74. The normalized spacial score (nSPS) is 15.0. The van der Waals surface area contributed by atoms with E-state index in [9.17, 15) is 4.79 Å². The minimum Gasteiger partial charge on any atom is -0.379 e. The second-order valence-electron chi connectivity index (χ2n) is 7.04. The molecule has 0 radical (unpaired) electrons. The Balaban J connectivity index is 1.66. The number of carbonyl (C=O) groups is 1. The molecule has 7 heteroatoms. The fourth-order valence-corrected chi connectivity index (χ4v) is 4.75. The van der Waals surface area contributed by atoms with Gasteiger partial charge in [0.15, 0.2) is 5.13 Å². The van der Waals surface area contributed by atoms with Gasteiger partial charge >= 0.3 is 0 Å². The van der Waals surface area contributed by atoms with Crippen LogP contribution in [0.5, 0.6) is 0 Å². The lowest BCUT2D eigenvalue weighted by Crippen LogP contribution is -2.43. The average molecular weight is 430 g/mol. The quantitative estimate of drug-likeness (QED) is 0.579. The molecule has 2 heterocycles. The van der Waals surface area contributed by atoms with Crippen molar-refractivity contribution in [1.82, 2.24) is 9.88 Å². The van der Waals surface area contributed by atoms with Crippen LogP contribution in [-0.2, 0) is 11.2 Å². The number of ether oxygens (including phenoxy) is 1. The van der Waals surface area contributed by atoms with Gasteiger partial charge in [0, 0.05) is 36.8 Å². The molecule has 1 aliphatic rings. The van der Waals surface area contributed by atoms with Crippen molar-refractivity contribution >= 4 is 44.2 Å². The smallest absolute Gasteiger partial charge is 0.260 e. The van der Waals surface area contributed by atoms with Crippen LogP contribution in [0.1, 0.15) is 22.8 Å². The topological polar surface area (TPSA) is 45.7 Å². The minimum absolute atomic E-state index is 0.0714. The van der Waals surface area contributed by atoms with Gasteiger partial charge in [0.2, 0.25) is 0 Å². The standard InChI is InChI=1S/C22H24ClN3O2S/c1-2-16-5-4-8-19-20(16)24-22(29-19)26(10-9-25-11-13-28-14-12-25)21(27)17-6-3-7-18(23)15-17/h3-8,15H,2,9-14H2,1H3. The number of hydrogen-bond acceptors (Lipinski definition) is 5. The van der Waals surface area contributed by atoms with Gasteiger partial charge in [-0.05, 0) is 36.2 Å². The number of thiazole rings is 1. The minimum atomic E-state index is -0.0714. The largest absolute Gasteiger partial charge is 0.379 e. The molecule has 1 fully saturated rings. The molecule has 29 heavy (non-hydrogen) atoms. The van der Waals surface area contributed by atoms with E-state index >= 15 is 0 Å². The molecule has 0 unspecified atom stereocenters. The molecule has 0 N–H and O–H groups in total. The van der Waals surface area contributed by atoms with E-state index < -0.39 is 0 Å². The van der Waals surface area contributed by atoms with Crippen molar-refractivity contribution in [2.75, 3.05) is 44.3 Å². The van der Waals surface area contributed by atoms with Gasteiger partial charge in [0.05, 0.1) is 23.4 Å². The van der Waals surface area contributed by atoms with Crippen molar-refractivity contribution in [2.45, 2.75) is 13.3 Å². The Labute approximate surface area is 179 Å². The second-order valence-corrected chi connectivity index (χ2v) is 8.48. The summed E-state index contributed by atoms with van der Waals surface area (Å²) in [6, 6.07) is 13.3. The van der Waals surface area contributed by atoms with Crippen LogP contribution in [-0.4, -0.2) is 55.2 Å². The molecule has 0 saturated carbocycles. The number of fused-ring (bicyclic) bond motifs is 1. The predicted octanol–water partition coefficient (Wildman–Crippen LogP) is 4.49. The number of carbonyl (C=O) groups excluding carboxylic acids is 1. The number of para-hydroxylation sites is 1. The highest BCUT2D eigenvalue weighted by Gasteiger charge is 2.23. The first-order valence-electron chi connectivity index (χ1n) is 9.91. The van der Waals surface area contributed by atoms with Gasteiger partial charge in [-0.25, -0.2) is 4.98 Å². The first-order chi connectivity index (χ1) is 14.2. The van der Waals surface area contributed by atoms with Crippen LogP contribution in [0.4, 0.5) is 5.13 Å². The van der Waals surface area contributed by atoms with Crippen molar-refractivity contribution < 1.29 is 9.53 Å². The molecule has 5 nitrogen and oxygen atoms in total. The van der Waals surface area contributed by atoms with Gasteiger partial charge in [-0.2, -0.15) is 0 Å². The highest BCUT2D eigenvalue weighted by atomic mass is 35.5. The SMILES string of the molecule is CCc1cccc2sc(N(CCN3CCOCC3)C(=O)c3cccc(Cl)c3)nc12. The lowest BCUT2D eigenvalue weighted by molar-refractivity contribution is 0.0391. The molecule has 0 aliphatic carbocycles. The molecule has 4 rings (SSSR count). The van der Waals surface area contributed by atoms with E-state index in [1.807, 2.05) is 6.07 Å². The zero-order chi connectivity index (χ0) is 20.2. The van der Waals surface area contributed by atoms with Crippen molar-refractivity contribution in [3.8, 4) is 0 Å². The Morgan fingerprint density at radius 2 is 2.03 bits per heavy atom. The molecule has 1 saturated heterocycles. The van der Waals surface area contributed by atoms with E-state index in [1.54, 1.807) is 34.4 Å². The van der Waals surface area contributed by atoms with Gasteiger partial charge in [-0.1, -0.05) is 48.1 Å². The fourth-order valence-electron chi connectivity index (χ4n) is 3.52. The number of nitrogens with zero attached hydrogens (tertiary/aromatic N) is 3. The van der Waals surface area contributed by atoms with Crippen molar-refractivity contribution in [2.24, 2.45) is 0 Å². The summed E-state index contributed by atoms with van der Waals surface area (Å²) < 4.78 is 6.55. The molecule has 1 amide bonds. The second kappa shape index (κ2) is 9.22. The third-order valence-electron chi connectivity index (χ3n) is 5.16. The number of hydrogen-bond donors (Lipinski definition) is 0. The summed E-state index contributed by atoms with van der Waals surface area (Å²) in [5, 5.41) is 1.29. The zero-order valence-corrected chi connectivity index (χ0v) is 18.0. The van der Waals surface area contributed by atoms with Gasteiger partial charge in [-0.3, -0.25) is 14.6 Å². The lowest BCUT2D eigenvalue weighted by atomic mass is 10.1. The summed E-state index contributed by atoms with van der Waals surface area (Å²) in [5.41, 5.74) is 2.77. The Bertz CT molecular complexity index is 1000. The number of anilines is 1. The number of aryl methyl sites for hydroxylation is 1. The third kappa shape index (κ3) is 4.61. The molecular formula is C22H24ClN3O2S. The number of benzene rings is 2. The van der Waals surface area contributed by atoms with Crippen LogP contribution < -0.4 is 4.90 Å². The van der Waals surface area contributed by atoms with Crippen molar-refractivity contribution in [3.63, 3.8) is 0 Å². The van der Waals surface area contributed by atoms with Gasteiger partial charge < -0.3 is 4.74 Å². The Kier molecular flexibility index (Phi) is 6.45. The average Bonchev–Trinajstić information content (AvgIpc) is 3.18. The van der Waals surface area contributed by atoms with Crippen LogP contribution in [0.25, 0.3) is 10.2 Å². The lowest BCUT2D eigenvalue weighted by Gasteiger charge is -2.29. The number of amides is 1. The molecule has 0 bridgehead atoms. The van der Waals surface area contributed by atoms with E-state index in [1.165, 1.54) is 5.56 Å². The van der Waals surface area contributed by atoms with Crippen LogP contribution in [0, 0.1) is 0 Å². The summed E-state index contributed by atoms with van der Waals surface area (Å²) in [6.07, 6.45) is 0.913. The third-order valence-corrected chi connectivity index (χ3v) is 6.44. The molecule has 0 atom stereocenters. The molecule has 152 valence electrons. The summed E-state index contributed by atoms with van der Waals surface area (Å²) >= 11 is 7.70. The number of halogens is 1. The Hall–Kier alpha value is -1.99. The maximum Gasteiger partial charge on any atom is 0.260 e. The Morgan fingerprint density at radius 1 is 1.24 bits per heavy atom. The van der Waals surface area contributed by atoms with Crippen LogP contribution >= 0.6 is 22.9 Å². The summed E-state index contributed by atoms with van der Waals surface area (Å²) in [5.74, 6) is -0.0714. The first-order valence-corrected chi connectivity index (χ1v) is 11.1. The van der Waals surface area contributed by atoms with E-state index in [0.717, 1.165) is 54.6 Å². The van der Waals surface area contributed by atoms with Crippen LogP contribution in [0.2, 0.25) is 5.02 Å². The number of rotatable bonds is 6. The maximum atomic E-state index is 13.4. The van der Waals surface area contributed by atoms with E-state index in [2.05, 4.69) is 30.0 Å². The van der Waals surface area contributed by atoms with Gasteiger partial charge in [-0.15, -0.1) is 0 Å². The van der Waals surface area contributed by atoms with Crippen molar-refractivity contribution in [1.29, 1.82) is 0 Å². The predicted molar refractivity (Wildman–Crippen MR) is 119 cm³/mol. The van der Waals surface area contributed by atoms with E-state index in [4.69, 9.17) is 21.3 Å². The molecular weight excluding hydrogens is 406 g/mol. The highest BCUT2D eigenvalue weighted by molar-refractivity contribution is 7.22. The number of aromatic nitrogens is 1. The highest BCUT2D eigenvalue weighted by Crippen LogP contribution is 2.32. The molecule has 2 aromatic carbocycles. The van der Waals surface area contributed by atoms with Crippen LogP contribution in [0.3, 0.4) is 0 Å².